The fourth-order valence-corrected chi connectivity index (χ4v) is 4.51. The lowest BCUT2D eigenvalue weighted by Crippen LogP contribution is -2.43. The monoisotopic (exact) mass is 411 g/mol. The molecule has 154 valence electrons. The third-order valence-corrected chi connectivity index (χ3v) is 6.11. The molecule has 2 aromatic heterocycles. The van der Waals surface area contributed by atoms with Crippen LogP contribution in [0.1, 0.15) is 0 Å². The number of fused-ring (bicyclic) bond motifs is 4. The second-order valence-corrected chi connectivity index (χ2v) is 7.95. The summed E-state index contributed by atoms with van der Waals surface area (Å²) < 4.78 is 1.32. The summed E-state index contributed by atoms with van der Waals surface area (Å²) in [7, 11) is 0. The van der Waals surface area contributed by atoms with Gasteiger partial charge in [0.25, 0.3) is 11.1 Å². The molecular formula is C24H21N5O2. The highest BCUT2D eigenvalue weighted by molar-refractivity contribution is 6.12. The molecule has 0 spiro atoms. The van der Waals surface area contributed by atoms with Gasteiger partial charge in [0.15, 0.2) is 0 Å². The number of nitrogens with zero attached hydrogens (tertiary/aromatic N) is 2. The van der Waals surface area contributed by atoms with E-state index in [1.54, 1.807) is 18.2 Å². The molecule has 0 atom stereocenters. The Hall–Kier alpha value is -3.84. The molecule has 0 aliphatic carbocycles. The molecule has 7 heteroatoms. The summed E-state index contributed by atoms with van der Waals surface area (Å²) in [6, 6.07) is 19.2. The molecule has 6 rings (SSSR count). The van der Waals surface area contributed by atoms with Gasteiger partial charge in [-0.15, -0.1) is 0 Å². The van der Waals surface area contributed by atoms with Crippen LogP contribution in [-0.2, 0) is 0 Å². The average molecular weight is 411 g/mol. The highest BCUT2D eigenvalue weighted by atomic mass is 16.2. The van der Waals surface area contributed by atoms with Gasteiger partial charge in [0.1, 0.15) is 0 Å². The van der Waals surface area contributed by atoms with Crippen molar-refractivity contribution in [2.24, 2.45) is 0 Å². The predicted octanol–water partition coefficient (Wildman–Crippen LogP) is 2.72. The Morgan fingerprint density at radius 3 is 2.29 bits per heavy atom. The van der Waals surface area contributed by atoms with Crippen molar-refractivity contribution in [2.75, 3.05) is 31.1 Å². The first-order chi connectivity index (χ1) is 15.2. The summed E-state index contributed by atoms with van der Waals surface area (Å²) in [6.07, 6.45) is 0. The topological polar surface area (TPSA) is 85.9 Å². The Bertz CT molecular complexity index is 1560. The first-order valence-corrected chi connectivity index (χ1v) is 10.4. The number of aromatic nitrogens is 3. The smallest absolute Gasteiger partial charge is 0.277 e. The number of H-pyrrole nitrogens is 2. The molecule has 1 saturated heterocycles. The molecule has 3 N–H and O–H groups in total. The van der Waals surface area contributed by atoms with Crippen LogP contribution < -0.4 is 21.3 Å². The Kier molecular flexibility index (Phi) is 3.97. The van der Waals surface area contributed by atoms with E-state index in [9.17, 15) is 9.59 Å². The van der Waals surface area contributed by atoms with Crippen LogP contribution in [0.25, 0.3) is 38.3 Å². The molecule has 1 aliphatic heterocycles. The molecule has 5 aromatic rings. The minimum atomic E-state index is -0.291. The van der Waals surface area contributed by atoms with Crippen molar-refractivity contribution in [1.82, 2.24) is 20.1 Å². The second kappa shape index (κ2) is 6.85. The molecule has 0 amide bonds. The van der Waals surface area contributed by atoms with E-state index >= 15 is 0 Å². The predicted molar refractivity (Wildman–Crippen MR) is 125 cm³/mol. The maximum Gasteiger partial charge on any atom is 0.277 e. The van der Waals surface area contributed by atoms with Crippen LogP contribution in [0.3, 0.4) is 0 Å². The lowest BCUT2D eigenvalue weighted by molar-refractivity contribution is 0.589. The first-order valence-electron chi connectivity index (χ1n) is 10.4. The van der Waals surface area contributed by atoms with Crippen LogP contribution in [0.5, 0.6) is 0 Å². The van der Waals surface area contributed by atoms with E-state index in [-0.39, 0.29) is 11.1 Å². The van der Waals surface area contributed by atoms with E-state index in [0.29, 0.717) is 16.5 Å². The minimum absolute atomic E-state index is 0.240. The van der Waals surface area contributed by atoms with E-state index in [0.717, 1.165) is 48.0 Å². The molecule has 0 bridgehead atoms. The molecule has 31 heavy (non-hydrogen) atoms. The molecule has 1 aliphatic rings. The Morgan fingerprint density at radius 2 is 1.48 bits per heavy atom. The van der Waals surface area contributed by atoms with Gasteiger partial charge in [-0.05, 0) is 42.5 Å². The molecule has 0 radical (unpaired) electrons. The fourth-order valence-electron chi connectivity index (χ4n) is 4.51. The summed E-state index contributed by atoms with van der Waals surface area (Å²) >= 11 is 0. The molecule has 0 saturated carbocycles. The van der Waals surface area contributed by atoms with Crippen LogP contribution in [-0.4, -0.2) is 40.9 Å². The first kappa shape index (κ1) is 18.0. The molecule has 0 unspecified atom stereocenters. The highest BCUT2D eigenvalue weighted by Crippen LogP contribution is 2.31. The zero-order valence-corrected chi connectivity index (χ0v) is 16.8. The van der Waals surface area contributed by atoms with Crippen molar-refractivity contribution >= 4 is 38.3 Å². The van der Waals surface area contributed by atoms with Gasteiger partial charge in [0.05, 0.1) is 16.5 Å². The maximum atomic E-state index is 13.3. The van der Waals surface area contributed by atoms with Crippen molar-refractivity contribution in [3.63, 3.8) is 0 Å². The fraction of sp³-hybridized carbons (Fsp3) is 0.167. The number of para-hydroxylation sites is 1. The average Bonchev–Trinajstić information content (AvgIpc) is 3.18. The van der Waals surface area contributed by atoms with E-state index in [2.05, 4.69) is 38.5 Å². The SMILES string of the molecule is O=c1[nH]n(-c2ccccc2)c(=O)c2cc3c(cc12)[nH]c1ccc(N2CCNCC2)cc13. The van der Waals surface area contributed by atoms with Gasteiger partial charge in [0, 0.05) is 53.7 Å². The van der Waals surface area contributed by atoms with E-state index in [1.807, 2.05) is 24.3 Å². The number of hydrogen-bond donors (Lipinski definition) is 3. The van der Waals surface area contributed by atoms with Crippen molar-refractivity contribution in [2.45, 2.75) is 0 Å². The Balaban J connectivity index is 1.61. The maximum absolute atomic E-state index is 13.3. The van der Waals surface area contributed by atoms with Crippen LogP contribution in [0, 0.1) is 0 Å². The van der Waals surface area contributed by atoms with Crippen LogP contribution in [0.4, 0.5) is 5.69 Å². The van der Waals surface area contributed by atoms with Gasteiger partial charge in [-0.25, -0.2) is 4.68 Å². The van der Waals surface area contributed by atoms with Crippen molar-refractivity contribution < 1.29 is 0 Å². The van der Waals surface area contributed by atoms with Gasteiger partial charge in [-0.3, -0.25) is 14.7 Å². The molecule has 1 fully saturated rings. The van der Waals surface area contributed by atoms with Gasteiger partial charge in [-0.1, -0.05) is 18.2 Å². The number of aromatic amines is 2. The van der Waals surface area contributed by atoms with Gasteiger partial charge in [-0.2, -0.15) is 0 Å². The summed E-state index contributed by atoms with van der Waals surface area (Å²) in [5, 5.41) is 8.89. The van der Waals surface area contributed by atoms with Crippen molar-refractivity contribution in [3.8, 4) is 5.69 Å². The number of anilines is 1. The zero-order chi connectivity index (χ0) is 20.9. The molecule has 7 nitrogen and oxygen atoms in total. The van der Waals surface area contributed by atoms with Crippen LogP contribution in [0.2, 0.25) is 0 Å². The number of piperazine rings is 1. The van der Waals surface area contributed by atoms with Crippen LogP contribution in [0.15, 0.2) is 70.3 Å². The highest BCUT2D eigenvalue weighted by Gasteiger charge is 2.15. The third kappa shape index (κ3) is 2.85. The van der Waals surface area contributed by atoms with E-state index in [4.69, 9.17) is 0 Å². The summed E-state index contributed by atoms with van der Waals surface area (Å²) in [5.41, 5.74) is 3.11. The van der Waals surface area contributed by atoms with E-state index < -0.39 is 0 Å². The Morgan fingerprint density at radius 1 is 0.710 bits per heavy atom. The second-order valence-electron chi connectivity index (χ2n) is 7.95. The summed E-state index contributed by atoms with van der Waals surface area (Å²) in [4.78, 5) is 31.8. The zero-order valence-electron chi connectivity index (χ0n) is 16.8. The summed E-state index contributed by atoms with van der Waals surface area (Å²) in [5.74, 6) is 0. The van der Waals surface area contributed by atoms with E-state index in [1.165, 1.54) is 10.4 Å². The lowest BCUT2D eigenvalue weighted by Gasteiger charge is -2.29. The number of benzene rings is 3. The van der Waals surface area contributed by atoms with Crippen molar-refractivity contribution in [3.05, 3.63) is 81.4 Å². The third-order valence-electron chi connectivity index (χ3n) is 6.11. The molecule has 3 aromatic carbocycles. The number of nitrogens with one attached hydrogen (secondary N) is 3. The van der Waals surface area contributed by atoms with Gasteiger partial charge in [0.2, 0.25) is 0 Å². The standard InChI is InChI=1S/C24H21N5O2/c30-23-19-14-22-18(13-20(19)24(31)29(27-23)15-4-2-1-3-5-15)17-12-16(6-7-21(17)26-22)28-10-8-25-9-11-28/h1-7,12-14,25-26H,8-11H2,(H,27,30). The summed E-state index contributed by atoms with van der Waals surface area (Å²) in [6.45, 7) is 3.87. The van der Waals surface area contributed by atoms with Gasteiger partial charge >= 0.3 is 0 Å². The molecule has 3 heterocycles. The van der Waals surface area contributed by atoms with Gasteiger partial charge < -0.3 is 15.2 Å². The number of hydrogen-bond acceptors (Lipinski definition) is 4. The van der Waals surface area contributed by atoms with Crippen molar-refractivity contribution in [1.29, 1.82) is 0 Å². The van der Waals surface area contributed by atoms with Crippen LogP contribution >= 0.6 is 0 Å². The lowest BCUT2D eigenvalue weighted by atomic mass is 10.1. The molecular weight excluding hydrogens is 390 g/mol. The number of rotatable bonds is 2. The Labute approximate surface area is 176 Å². The minimum Gasteiger partial charge on any atom is -0.369 e. The normalized spacial score (nSPS) is 14.6. The largest absolute Gasteiger partial charge is 0.369 e. The quantitative estimate of drug-likeness (QED) is 0.417.